The summed E-state index contributed by atoms with van der Waals surface area (Å²) in [6, 6.07) is -0.160. The van der Waals surface area contributed by atoms with Gasteiger partial charge in [0, 0.05) is 34.3 Å². The summed E-state index contributed by atoms with van der Waals surface area (Å²) in [7, 11) is 4.97. The first-order valence-electron chi connectivity index (χ1n) is 6.95. The third-order valence-corrected chi connectivity index (χ3v) is 3.56. The van der Waals surface area contributed by atoms with Crippen LogP contribution >= 0.6 is 0 Å². The monoisotopic (exact) mass is 286 g/mol. The summed E-state index contributed by atoms with van der Waals surface area (Å²) < 4.78 is 5.22. The Kier molecular flexibility index (Phi) is 6.74. The Bertz CT molecular complexity index is 322. The summed E-state index contributed by atoms with van der Waals surface area (Å²) in [5.41, 5.74) is -0.439. The summed E-state index contributed by atoms with van der Waals surface area (Å²) in [5, 5.41) is 8.86. The Balaban J connectivity index is 2.37. The van der Waals surface area contributed by atoms with Gasteiger partial charge in [0.15, 0.2) is 0 Å². The highest BCUT2D eigenvalue weighted by molar-refractivity contribution is 5.83. The summed E-state index contributed by atoms with van der Waals surface area (Å²) >= 11 is 0. The molecule has 0 bridgehead atoms. The zero-order valence-corrected chi connectivity index (χ0v) is 12.6. The van der Waals surface area contributed by atoms with Gasteiger partial charge in [0.1, 0.15) is 0 Å². The second-order valence-corrected chi connectivity index (χ2v) is 5.35. The standard InChI is InChI=1S/C13H26N4O3/c1-17(2)12(19)16-9-8-15-11(18)13(10-20-3)4-6-14-7-5-13/h14H,4-10H2,1-3H3,(H,15,18)(H,16,19). The molecule has 0 atom stereocenters. The highest BCUT2D eigenvalue weighted by Crippen LogP contribution is 2.29. The normalized spacial score (nSPS) is 17.4. The molecule has 7 nitrogen and oxygen atoms in total. The average Bonchev–Trinajstić information content (AvgIpc) is 2.44. The van der Waals surface area contributed by atoms with Crippen LogP contribution in [0.25, 0.3) is 0 Å². The number of carbonyl (C=O) groups is 2. The molecular weight excluding hydrogens is 260 g/mol. The van der Waals surface area contributed by atoms with E-state index in [4.69, 9.17) is 4.74 Å². The van der Waals surface area contributed by atoms with E-state index in [0.717, 1.165) is 25.9 Å². The molecule has 1 aliphatic heterocycles. The van der Waals surface area contributed by atoms with E-state index < -0.39 is 5.41 Å². The Labute approximate surface area is 120 Å². The van der Waals surface area contributed by atoms with Crippen molar-refractivity contribution in [2.24, 2.45) is 5.41 Å². The van der Waals surface area contributed by atoms with Crippen LogP contribution in [0.5, 0.6) is 0 Å². The number of hydrogen-bond acceptors (Lipinski definition) is 4. The molecule has 1 fully saturated rings. The maximum Gasteiger partial charge on any atom is 0.316 e. The number of rotatable bonds is 6. The number of nitrogens with zero attached hydrogens (tertiary/aromatic N) is 1. The zero-order valence-electron chi connectivity index (χ0n) is 12.6. The summed E-state index contributed by atoms with van der Waals surface area (Å²) in [5.74, 6) is 0.0138. The lowest BCUT2D eigenvalue weighted by molar-refractivity contribution is -0.136. The van der Waals surface area contributed by atoms with Gasteiger partial charge in [-0.15, -0.1) is 0 Å². The Morgan fingerprint density at radius 3 is 2.35 bits per heavy atom. The van der Waals surface area contributed by atoms with Crippen molar-refractivity contribution in [1.29, 1.82) is 0 Å². The zero-order chi connectivity index (χ0) is 15.0. The summed E-state index contributed by atoms with van der Waals surface area (Å²) in [6.45, 7) is 2.94. The molecule has 7 heteroatoms. The lowest BCUT2D eigenvalue weighted by Crippen LogP contribution is -2.51. The predicted octanol–water partition coefficient (Wildman–Crippen LogP) is -0.610. The summed E-state index contributed by atoms with van der Waals surface area (Å²) in [6.07, 6.45) is 1.55. The van der Waals surface area contributed by atoms with Crippen LogP contribution < -0.4 is 16.0 Å². The molecule has 0 radical (unpaired) electrons. The maximum absolute atomic E-state index is 12.3. The molecule has 3 amide bonds. The fraction of sp³-hybridized carbons (Fsp3) is 0.846. The molecule has 0 aromatic carbocycles. The third-order valence-electron chi connectivity index (χ3n) is 3.56. The molecule has 0 spiro atoms. The SMILES string of the molecule is COCC1(C(=O)NCCNC(=O)N(C)C)CCNCC1. The molecule has 20 heavy (non-hydrogen) atoms. The number of urea groups is 1. The van der Waals surface area contributed by atoms with E-state index in [-0.39, 0.29) is 11.9 Å². The van der Waals surface area contributed by atoms with Crippen molar-refractivity contribution in [3.05, 3.63) is 0 Å². The average molecular weight is 286 g/mol. The quantitative estimate of drug-likeness (QED) is 0.569. The second-order valence-electron chi connectivity index (χ2n) is 5.35. The number of ether oxygens (including phenoxy) is 1. The largest absolute Gasteiger partial charge is 0.384 e. The van der Waals surface area contributed by atoms with Gasteiger partial charge in [-0.1, -0.05) is 0 Å². The molecule has 1 aliphatic rings. The number of carbonyl (C=O) groups excluding carboxylic acids is 2. The number of nitrogens with one attached hydrogen (secondary N) is 3. The molecule has 1 heterocycles. The van der Waals surface area contributed by atoms with Crippen molar-refractivity contribution < 1.29 is 14.3 Å². The minimum atomic E-state index is -0.439. The molecule has 3 N–H and O–H groups in total. The van der Waals surface area contributed by atoms with Crippen LogP contribution in [0.1, 0.15) is 12.8 Å². The fourth-order valence-electron chi connectivity index (χ4n) is 2.31. The van der Waals surface area contributed by atoms with E-state index in [1.807, 2.05) is 0 Å². The number of amides is 3. The highest BCUT2D eigenvalue weighted by Gasteiger charge is 2.39. The van der Waals surface area contributed by atoms with E-state index in [2.05, 4.69) is 16.0 Å². The molecule has 116 valence electrons. The molecular formula is C13H26N4O3. The van der Waals surface area contributed by atoms with Crippen LogP contribution in [-0.2, 0) is 9.53 Å². The number of methoxy groups -OCH3 is 1. The van der Waals surface area contributed by atoms with Gasteiger partial charge in [0.25, 0.3) is 0 Å². The minimum absolute atomic E-state index is 0.0138. The maximum atomic E-state index is 12.3. The van der Waals surface area contributed by atoms with Crippen molar-refractivity contribution in [2.45, 2.75) is 12.8 Å². The van der Waals surface area contributed by atoms with Crippen molar-refractivity contribution in [2.75, 3.05) is 54.0 Å². The molecule has 0 aromatic rings. The first-order valence-corrected chi connectivity index (χ1v) is 6.95. The van der Waals surface area contributed by atoms with Gasteiger partial charge < -0.3 is 25.6 Å². The van der Waals surface area contributed by atoms with Crippen LogP contribution in [0, 0.1) is 5.41 Å². The Hall–Kier alpha value is -1.34. The molecule has 0 unspecified atom stereocenters. The molecule has 1 saturated heterocycles. The van der Waals surface area contributed by atoms with E-state index >= 15 is 0 Å². The van der Waals surface area contributed by atoms with E-state index in [0.29, 0.717) is 19.7 Å². The lowest BCUT2D eigenvalue weighted by atomic mass is 9.78. The first-order chi connectivity index (χ1) is 9.52. The van der Waals surface area contributed by atoms with Gasteiger partial charge in [-0.25, -0.2) is 4.79 Å². The smallest absolute Gasteiger partial charge is 0.316 e. The van der Waals surface area contributed by atoms with Crippen LogP contribution in [0.15, 0.2) is 0 Å². The van der Waals surface area contributed by atoms with Crippen LogP contribution in [-0.4, -0.2) is 70.8 Å². The van der Waals surface area contributed by atoms with Crippen LogP contribution in [0.2, 0.25) is 0 Å². The van der Waals surface area contributed by atoms with Crippen molar-refractivity contribution in [3.8, 4) is 0 Å². The van der Waals surface area contributed by atoms with Crippen LogP contribution in [0.3, 0.4) is 0 Å². The molecule has 0 aliphatic carbocycles. The number of piperidine rings is 1. The van der Waals surface area contributed by atoms with Gasteiger partial charge >= 0.3 is 6.03 Å². The van der Waals surface area contributed by atoms with Gasteiger partial charge in [0.2, 0.25) is 5.91 Å². The molecule has 0 aromatic heterocycles. The van der Waals surface area contributed by atoms with Gasteiger partial charge in [-0.05, 0) is 25.9 Å². The first kappa shape index (κ1) is 16.7. The summed E-state index contributed by atoms with van der Waals surface area (Å²) in [4.78, 5) is 25.1. The number of hydrogen-bond donors (Lipinski definition) is 3. The Morgan fingerprint density at radius 1 is 1.20 bits per heavy atom. The van der Waals surface area contributed by atoms with Gasteiger partial charge in [0.05, 0.1) is 12.0 Å². The van der Waals surface area contributed by atoms with Crippen molar-refractivity contribution in [1.82, 2.24) is 20.9 Å². The fourth-order valence-corrected chi connectivity index (χ4v) is 2.31. The highest BCUT2D eigenvalue weighted by atomic mass is 16.5. The topological polar surface area (TPSA) is 82.7 Å². The lowest BCUT2D eigenvalue weighted by Gasteiger charge is -2.35. The Morgan fingerprint density at radius 2 is 1.80 bits per heavy atom. The van der Waals surface area contributed by atoms with Crippen LogP contribution in [0.4, 0.5) is 4.79 Å². The third kappa shape index (κ3) is 4.64. The van der Waals surface area contributed by atoms with E-state index in [1.54, 1.807) is 21.2 Å². The van der Waals surface area contributed by atoms with Crippen molar-refractivity contribution in [3.63, 3.8) is 0 Å². The minimum Gasteiger partial charge on any atom is -0.384 e. The van der Waals surface area contributed by atoms with E-state index in [1.165, 1.54) is 4.90 Å². The molecule has 0 saturated carbocycles. The van der Waals surface area contributed by atoms with Gasteiger partial charge in [-0.3, -0.25) is 4.79 Å². The molecule has 1 rings (SSSR count). The van der Waals surface area contributed by atoms with E-state index in [9.17, 15) is 9.59 Å². The van der Waals surface area contributed by atoms with Gasteiger partial charge in [-0.2, -0.15) is 0 Å². The predicted molar refractivity (Wildman–Crippen MR) is 76.5 cm³/mol. The second kappa shape index (κ2) is 8.06. The van der Waals surface area contributed by atoms with Crippen molar-refractivity contribution >= 4 is 11.9 Å².